The molecule has 0 saturated heterocycles. The van der Waals surface area contributed by atoms with Crippen molar-refractivity contribution in [2.75, 3.05) is 30.9 Å². The third-order valence-electron chi connectivity index (χ3n) is 10.4. The summed E-state index contributed by atoms with van der Waals surface area (Å²) in [6.07, 6.45) is -1.84. The molecule has 5 heterocycles. The summed E-state index contributed by atoms with van der Waals surface area (Å²) in [5.74, 6) is 0.508. The Morgan fingerprint density at radius 3 is 2.51 bits per heavy atom. The number of nitrogens with one attached hydrogen (secondary N) is 2. The van der Waals surface area contributed by atoms with Crippen LogP contribution in [0.5, 0.6) is 5.75 Å². The van der Waals surface area contributed by atoms with Crippen LogP contribution < -0.4 is 15.6 Å². The first-order chi connectivity index (χ1) is 28.4. The number of rotatable bonds is 15. The number of hydrogen-bond acceptors (Lipinski definition) is 10. The Hall–Kier alpha value is -5.78. The Balaban J connectivity index is 0.871. The average molecular weight is 829 g/mol. The van der Waals surface area contributed by atoms with E-state index in [0.717, 1.165) is 16.5 Å². The predicted octanol–water partition coefficient (Wildman–Crippen LogP) is 7.73. The number of halogens is 4. The first kappa shape index (κ1) is 40.0. The van der Waals surface area contributed by atoms with Gasteiger partial charge in [-0.25, -0.2) is 19.5 Å². The second kappa shape index (κ2) is 16.5. The average Bonchev–Trinajstić information content (AvgIpc) is 3.82. The highest BCUT2D eigenvalue weighted by molar-refractivity contribution is 7.99. The molecule has 3 aromatic carbocycles. The van der Waals surface area contributed by atoms with E-state index >= 15 is 0 Å². The number of aromatic amines is 1. The van der Waals surface area contributed by atoms with E-state index < -0.39 is 40.8 Å². The first-order valence-electron chi connectivity index (χ1n) is 19.0. The van der Waals surface area contributed by atoms with Crippen LogP contribution in [0.1, 0.15) is 60.2 Å². The van der Waals surface area contributed by atoms with Crippen LogP contribution in [0.2, 0.25) is 0 Å². The largest absolute Gasteiger partial charge is 0.491 e. The SMILES string of the molecule is Cn1ncnc1[C@H]1c2n[nH]c(=O)c3cc(F)cc(c23)N[C@@H]1c1ccc(OCCOCCCCn2c(C(C)(O)CSc3ccccc3)cc3nc(C(F)(F)F)ccc32)cc1. The number of H-pyrrole nitrogens is 1. The van der Waals surface area contributed by atoms with Gasteiger partial charge in [-0.15, -0.1) is 11.8 Å². The summed E-state index contributed by atoms with van der Waals surface area (Å²) < 4.78 is 70.5. The van der Waals surface area contributed by atoms with Crippen LogP contribution in [0.4, 0.5) is 23.2 Å². The fourth-order valence-electron chi connectivity index (χ4n) is 7.54. The number of unbranched alkanes of at least 4 members (excludes halogenated alkanes) is 1. The van der Waals surface area contributed by atoms with Crippen LogP contribution >= 0.6 is 11.8 Å². The molecule has 17 heteroatoms. The number of hydrogen-bond donors (Lipinski definition) is 3. The van der Waals surface area contributed by atoms with E-state index in [-0.39, 0.29) is 17.5 Å². The minimum absolute atomic E-state index is 0.175. The molecule has 3 atom stereocenters. The van der Waals surface area contributed by atoms with Crippen molar-refractivity contribution in [2.24, 2.45) is 7.05 Å². The molecule has 12 nitrogen and oxygen atoms in total. The Kier molecular flexibility index (Phi) is 11.2. The summed E-state index contributed by atoms with van der Waals surface area (Å²) in [5.41, 5.74) is 0.229. The third kappa shape index (κ3) is 8.40. The molecular weight excluding hydrogens is 789 g/mol. The van der Waals surface area contributed by atoms with Gasteiger partial charge in [-0.2, -0.15) is 23.4 Å². The van der Waals surface area contributed by atoms with Gasteiger partial charge in [0.2, 0.25) is 0 Å². The highest BCUT2D eigenvalue weighted by Gasteiger charge is 2.38. The molecule has 7 aromatic rings. The predicted molar refractivity (Wildman–Crippen MR) is 215 cm³/mol. The molecule has 306 valence electrons. The number of aromatic nitrogens is 7. The summed E-state index contributed by atoms with van der Waals surface area (Å²) in [5, 5.41) is 26.9. The lowest BCUT2D eigenvalue weighted by molar-refractivity contribution is -0.140. The normalized spacial score (nSPS) is 16.3. The van der Waals surface area contributed by atoms with Crippen molar-refractivity contribution >= 4 is 39.3 Å². The summed E-state index contributed by atoms with van der Waals surface area (Å²) in [7, 11) is 1.78. The maximum atomic E-state index is 14.6. The van der Waals surface area contributed by atoms with Crippen molar-refractivity contribution in [3.63, 3.8) is 0 Å². The molecule has 0 amide bonds. The molecule has 0 radical (unpaired) electrons. The number of aliphatic hydroxyl groups is 1. The van der Waals surface area contributed by atoms with Gasteiger partial charge < -0.3 is 24.5 Å². The van der Waals surface area contributed by atoms with Gasteiger partial charge in [-0.3, -0.25) is 9.48 Å². The Morgan fingerprint density at radius 1 is 0.966 bits per heavy atom. The highest BCUT2D eigenvalue weighted by atomic mass is 32.2. The molecule has 1 aliphatic rings. The molecule has 0 spiro atoms. The minimum Gasteiger partial charge on any atom is -0.491 e. The van der Waals surface area contributed by atoms with Gasteiger partial charge in [-0.1, -0.05) is 30.3 Å². The maximum absolute atomic E-state index is 14.6. The van der Waals surface area contributed by atoms with Crippen LogP contribution in [-0.4, -0.2) is 65.2 Å². The second-order valence-corrected chi connectivity index (χ2v) is 15.6. The molecule has 1 unspecified atom stereocenters. The van der Waals surface area contributed by atoms with Crippen molar-refractivity contribution in [3.8, 4) is 5.75 Å². The monoisotopic (exact) mass is 828 g/mol. The fourth-order valence-corrected chi connectivity index (χ4v) is 8.48. The molecule has 0 fully saturated rings. The third-order valence-corrected chi connectivity index (χ3v) is 11.7. The number of benzene rings is 3. The molecule has 0 saturated carbocycles. The van der Waals surface area contributed by atoms with Crippen molar-refractivity contribution < 1.29 is 32.1 Å². The van der Waals surface area contributed by atoms with E-state index in [1.165, 1.54) is 36.3 Å². The van der Waals surface area contributed by atoms with Crippen LogP contribution in [0, 0.1) is 5.82 Å². The maximum Gasteiger partial charge on any atom is 0.433 e. The summed E-state index contributed by atoms with van der Waals surface area (Å²) in [6.45, 7) is 3.15. The van der Waals surface area contributed by atoms with Gasteiger partial charge >= 0.3 is 6.18 Å². The molecule has 0 aliphatic carbocycles. The lowest BCUT2D eigenvalue weighted by atomic mass is 9.83. The Bertz CT molecular complexity index is 2650. The molecule has 0 bridgehead atoms. The number of pyridine rings is 1. The van der Waals surface area contributed by atoms with Gasteiger partial charge in [0.1, 0.15) is 41.6 Å². The molecule has 8 rings (SSSR count). The molecule has 59 heavy (non-hydrogen) atoms. The van der Waals surface area contributed by atoms with Gasteiger partial charge in [0.05, 0.1) is 46.4 Å². The van der Waals surface area contributed by atoms with Gasteiger partial charge in [0, 0.05) is 41.9 Å². The zero-order valence-corrected chi connectivity index (χ0v) is 32.9. The fraction of sp³-hybridized carbons (Fsp3) is 0.310. The zero-order valence-electron chi connectivity index (χ0n) is 32.0. The molecule has 3 N–H and O–H groups in total. The van der Waals surface area contributed by atoms with Crippen molar-refractivity contribution in [3.05, 3.63) is 136 Å². The summed E-state index contributed by atoms with van der Waals surface area (Å²) in [4.78, 5) is 22.0. The van der Waals surface area contributed by atoms with Gasteiger partial charge in [0.25, 0.3) is 5.56 Å². The summed E-state index contributed by atoms with van der Waals surface area (Å²) >= 11 is 1.46. The van der Waals surface area contributed by atoms with E-state index in [1.54, 1.807) is 24.7 Å². The van der Waals surface area contributed by atoms with E-state index in [1.807, 2.05) is 59.2 Å². The van der Waals surface area contributed by atoms with Gasteiger partial charge in [0.15, 0.2) is 0 Å². The second-order valence-electron chi connectivity index (χ2n) is 14.5. The summed E-state index contributed by atoms with van der Waals surface area (Å²) in [6, 6.07) is 23.1. The number of fused-ring (bicyclic) bond motifs is 1. The van der Waals surface area contributed by atoms with Crippen molar-refractivity contribution in [1.82, 2.24) is 34.5 Å². The van der Waals surface area contributed by atoms with E-state index in [0.29, 0.717) is 77.9 Å². The van der Waals surface area contributed by atoms with Crippen molar-refractivity contribution in [1.29, 1.82) is 0 Å². The Morgan fingerprint density at radius 2 is 1.76 bits per heavy atom. The van der Waals surface area contributed by atoms with Crippen molar-refractivity contribution in [2.45, 2.75) is 54.9 Å². The number of aryl methyl sites for hydroxylation is 2. The lowest BCUT2D eigenvalue weighted by Crippen LogP contribution is -2.30. The quantitative estimate of drug-likeness (QED) is 0.0534. The smallest absolute Gasteiger partial charge is 0.433 e. The van der Waals surface area contributed by atoms with Crippen LogP contribution in [0.3, 0.4) is 0 Å². The minimum atomic E-state index is -4.59. The van der Waals surface area contributed by atoms with Crippen LogP contribution in [-0.2, 0) is 30.1 Å². The van der Waals surface area contributed by atoms with E-state index in [9.17, 15) is 27.5 Å². The van der Waals surface area contributed by atoms with Gasteiger partial charge in [-0.05, 0) is 79.9 Å². The molecule has 4 aromatic heterocycles. The molecule has 1 aliphatic heterocycles. The number of ether oxygens (including phenoxy) is 2. The Labute approximate surface area is 339 Å². The number of anilines is 1. The zero-order chi connectivity index (χ0) is 41.3. The lowest BCUT2D eigenvalue weighted by Gasteiger charge is -2.33. The standard InChI is InChI=1S/C42H40F4N8O4S/c1-41(56,23-59-28-8-4-3-5-9-28)34-22-30-32(14-15-33(49-30)42(44,45)46)54(34)16-6-7-17-57-18-19-58-27-12-10-25(11-13-27)37-36(39-47-24-48-53(39)2)38-35-29(40(55)52-51-38)20-26(43)21-31(35)50-37/h3-5,8-15,20-22,24,36-37,50,56H,6-7,16-19,23H2,1-2H3,(H,52,55)/t36-,37-,41?/m1/s1. The van der Waals surface area contributed by atoms with Crippen LogP contribution in [0.25, 0.3) is 21.8 Å². The van der Waals surface area contributed by atoms with Crippen LogP contribution in [0.15, 0.2) is 101 Å². The number of nitrogens with zero attached hydrogens (tertiary/aromatic N) is 6. The highest BCUT2D eigenvalue weighted by Crippen LogP contribution is 2.46. The topological polar surface area (TPSA) is 145 Å². The first-order valence-corrected chi connectivity index (χ1v) is 20.0. The molecular formula is C42H40F4N8O4S. The number of thioether (sulfide) groups is 1. The number of alkyl halides is 3. The van der Waals surface area contributed by atoms with E-state index in [2.05, 4.69) is 30.6 Å². The van der Waals surface area contributed by atoms with E-state index in [4.69, 9.17) is 9.47 Å².